The Hall–Kier alpha value is -0.0800. The van der Waals surface area contributed by atoms with E-state index in [1.54, 1.807) is 0 Å². The van der Waals surface area contributed by atoms with Crippen molar-refractivity contribution in [2.45, 2.75) is 52.2 Å². The molecular formula is C10H20O2. The van der Waals surface area contributed by atoms with Crippen molar-refractivity contribution in [3.63, 3.8) is 0 Å². The van der Waals surface area contributed by atoms with Crippen molar-refractivity contribution in [3.8, 4) is 0 Å². The van der Waals surface area contributed by atoms with Gasteiger partial charge in [0, 0.05) is 0 Å². The van der Waals surface area contributed by atoms with Gasteiger partial charge < -0.3 is 10.2 Å². The molecule has 0 radical (unpaired) electrons. The number of aliphatic hydroxyl groups excluding tert-OH is 2. The zero-order valence-electron chi connectivity index (χ0n) is 8.25. The van der Waals surface area contributed by atoms with E-state index in [0.29, 0.717) is 0 Å². The topological polar surface area (TPSA) is 40.5 Å². The van der Waals surface area contributed by atoms with E-state index in [9.17, 15) is 10.2 Å². The van der Waals surface area contributed by atoms with Crippen molar-refractivity contribution in [2.75, 3.05) is 0 Å². The minimum Gasteiger partial charge on any atom is -0.390 e. The maximum atomic E-state index is 9.72. The first-order valence-corrected chi connectivity index (χ1v) is 4.79. The standard InChI is InChI=1S/C10H20O2/c1-10(2,3)7-5-4-6-8(11)9(7)12/h7-9,11-12H,4-6H2,1-3H3. The molecule has 0 heterocycles. The van der Waals surface area contributed by atoms with Crippen molar-refractivity contribution >= 4 is 0 Å². The number of rotatable bonds is 0. The highest BCUT2D eigenvalue weighted by Gasteiger charge is 2.37. The molecule has 1 aliphatic rings. The Balaban J connectivity index is 2.64. The van der Waals surface area contributed by atoms with Crippen LogP contribution in [0.15, 0.2) is 0 Å². The quantitative estimate of drug-likeness (QED) is 0.582. The van der Waals surface area contributed by atoms with Gasteiger partial charge in [0.2, 0.25) is 0 Å². The molecule has 1 saturated carbocycles. The molecule has 1 rings (SSSR count). The highest BCUT2D eigenvalue weighted by Crippen LogP contribution is 2.37. The molecular weight excluding hydrogens is 152 g/mol. The lowest BCUT2D eigenvalue weighted by Gasteiger charge is -2.40. The molecule has 0 aromatic rings. The molecule has 0 saturated heterocycles. The Kier molecular flexibility index (Phi) is 2.79. The maximum absolute atomic E-state index is 9.72. The van der Waals surface area contributed by atoms with Gasteiger partial charge in [-0.1, -0.05) is 27.2 Å². The predicted molar refractivity (Wildman–Crippen MR) is 48.8 cm³/mol. The Morgan fingerprint density at radius 1 is 1.08 bits per heavy atom. The molecule has 72 valence electrons. The largest absolute Gasteiger partial charge is 0.390 e. The van der Waals surface area contributed by atoms with E-state index in [0.717, 1.165) is 19.3 Å². The van der Waals surface area contributed by atoms with Crippen molar-refractivity contribution in [3.05, 3.63) is 0 Å². The zero-order valence-corrected chi connectivity index (χ0v) is 8.25. The summed E-state index contributed by atoms with van der Waals surface area (Å²) in [5.74, 6) is 0.251. The minimum atomic E-state index is -0.515. The van der Waals surface area contributed by atoms with Gasteiger partial charge in [-0.3, -0.25) is 0 Å². The molecule has 0 aliphatic heterocycles. The average Bonchev–Trinajstić information content (AvgIpc) is 1.92. The highest BCUT2D eigenvalue weighted by atomic mass is 16.3. The monoisotopic (exact) mass is 172 g/mol. The summed E-state index contributed by atoms with van der Waals surface area (Å²) in [5, 5.41) is 19.2. The van der Waals surface area contributed by atoms with Gasteiger partial charge in [0.1, 0.15) is 0 Å². The normalized spacial score (nSPS) is 38.2. The molecule has 0 bridgehead atoms. The van der Waals surface area contributed by atoms with E-state index >= 15 is 0 Å². The van der Waals surface area contributed by atoms with E-state index in [1.165, 1.54) is 0 Å². The maximum Gasteiger partial charge on any atom is 0.0832 e. The summed E-state index contributed by atoms with van der Waals surface area (Å²) < 4.78 is 0. The fourth-order valence-corrected chi connectivity index (χ4v) is 2.10. The van der Waals surface area contributed by atoms with Gasteiger partial charge in [0.15, 0.2) is 0 Å². The van der Waals surface area contributed by atoms with Crippen LogP contribution in [0.4, 0.5) is 0 Å². The average molecular weight is 172 g/mol. The second kappa shape index (κ2) is 3.35. The van der Waals surface area contributed by atoms with Crippen molar-refractivity contribution < 1.29 is 10.2 Å². The molecule has 0 amide bonds. The van der Waals surface area contributed by atoms with Crippen LogP contribution in [0.5, 0.6) is 0 Å². The van der Waals surface area contributed by atoms with Gasteiger partial charge >= 0.3 is 0 Å². The summed E-state index contributed by atoms with van der Waals surface area (Å²) in [7, 11) is 0. The van der Waals surface area contributed by atoms with Crippen LogP contribution in [0.2, 0.25) is 0 Å². The Morgan fingerprint density at radius 2 is 1.67 bits per heavy atom. The summed E-state index contributed by atoms with van der Waals surface area (Å²) >= 11 is 0. The molecule has 0 spiro atoms. The van der Waals surface area contributed by atoms with E-state index in [-0.39, 0.29) is 11.3 Å². The van der Waals surface area contributed by atoms with Gasteiger partial charge in [-0.25, -0.2) is 0 Å². The molecule has 0 aromatic heterocycles. The molecule has 1 aliphatic carbocycles. The molecule has 2 N–H and O–H groups in total. The van der Waals surface area contributed by atoms with Crippen LogP contribution in [0.3, 0.4) is 0 Å². The van der Waals surface area contributed by atoms with Gasteiger partial charge in [0.25, 0.3) is 0 Å². The first kappa shape index (κ1) is 10.0. The Labute approximate surface area is 74.6 Å². The van der Waals surface area contributed by atoms with E-state index in [4.69, 9.17) is 0 Å². The van der Waals surface area contributed by atoms with Crippen molar-refractivity contribution in [1.82, 2.24) is 0 Å². The van der Waals surface area contributed by atoms with Crippen LogP contribution in [0.25, 0.3) is 0 Å². The number of hydrogen-bond donors (Lipinski definition) is 2. The van der Waals surface area contributed by atoms with Crippen LogP contribution in [-0.4, -0.2) is 22.4 Å². The summed E-state index contributed by atoms with van der Waals surface area (Å²) in [6, 6.07) is 0. The zero-order chi connectivity index (χ0) is 9.35. The van der Waals surface area contributed by atoms with Crippen LogP contribution in [-0.2, 0) is 0 Å². The summed E-state index contributed by atoms with van der Waals surface area (Å²) in [4.78, 5) is 0. The van der Waals surface area contributed by atoms with Crippen LogP contribution >= 0.6 is 0 Å². The first-order valence-electron chi connectivity index (χ1n) is 4.79. The molecule has 3 atom stereocenters. The summed E-state index contributed by atoms with van der Waals surface area (Å²) in [5.41, 5.74) is 0.112. The van der Waals surface area contributed by atoms with Crippen molar-refractivity contribution in [1.29, 1.82) is 0 Å². The third kappa shape index (κ3) is 1.99. The number of aliphatic hydroxyl groups is 2. The first-order chi connectivity index (χ1) is 5.43. The van der Waals surface area contributed by atoms with E-state index in [2.05, 4.69) is 20.8 Å². The van der Waals surface area contributed by atoms with E-state index in [1.807, 2.05) is 0 Å². The van der Waals surface area contributed by atoms with Gasteiger partial charge in [0.05, 0.1) is 12.2 Å². The smallest absolute Gasteiger partial charge is 0.0832 e. The summed E-state index contributed by atoms with van der Waals surface area (Å²) in [6.45, 7) is 6.37. The van der Waals surface area contributed by atoms with Crippen LogP contribution in [0.1, 0.15) is 40.0 Å². The number of hydrogen-bond acceptors (Lipinski definition) is 2. The lowest BCUT2D eigenvalue weighted by atomic mass is 9.70. The molecule has 12 heavy (non-hydrogen) atoms. The highest BCUT2D eigenvalue weighted by molar-refractivity contribution is 4.87. The van der Waals surface area contributed by atoms with Crippen molar-refractivity contribution in [2.24, 2.45) is 11.3 Å². The fourth-order valence-electron chi connectivity index (χ4n) is 2.10. The molecule has 2 heteroatoms. The molecule has 2 nitrogen and oxygen atoms in total. The lowest BCUT2D eigenvalue weighted by molar-refractivity contribution is -0.0760. The SMILES string of the molecule is CC(C)(C)C1CCCC(O)C1O. The minimum absolute atomic E-state index is 0.112. The molecule has 3 unspecified atom stereocenters. The lowest BCUT2D eigenvalue weighted by Crippen LogP contribution is -2.43. The van der Waals surface area contributed by atoms with E-state index < -0.39 is 12.2 Å². The molecule has 0 aromatic carbocycles. The third-order valence-corrected chi connectivity index (χ3v) is 2.93. The van der Waals surface area contributed by atoms with Crippen LogP contribution < -0.4 is 0 Å². The summed E-state index contributed by atoms with van der Waals surface area (Å²) in [6.07, 6.45) is 1.83. The van der Waals surface area contributed by atoms with Crippen LogP contribution in [0, 0.1) is 11.3 Å². The Morgan fingerprint density at radius 3 is 2.08 bits per heavy atom. The second-order valence-corrected chi connectivity index (χ2v) is 4.96. The third-order valence-electron chi connectivity index (χ3n) is 2.93. The fraction of sp³-hybridized carbons (Fsp3) is 1.00. The second-order valence-electron chi connectivity index (χ2n) is 4.96. The predicted octanol–water partition coefficient (Wildman–Crippen LogP) is 1.55. The van der Waals surface area contributed by atoms with Gasteiger partial charge in [-0.15, -0.1) is 0 Å². The Bertz CT molecular complexity index is 148. The van der Waals surface area contributed by atoms with Gasteiger partial charge in [-0.05, 0) is 24.2 Å². The van der Waals surface area contributed by atoms with Gasteiger partial charge in [-0.2, -0.15) is 0 Å². The molecule has 1 fully saturated rings.